The quantitative estimate of drug-likeness (QED) is 0.943. The van der Waals surface area contributed by atoms with Crippen molar-refractivity contribution in [3.63, 3.8) is 0 Å². The molecule has 2 heterocycles. The van der Waals surface area contributed by atoms with E-state index < -0.39 is 10.8 Å². The van der Waals surface area contributed by atoms with Crippen LogP contribution in [0.15, 0.2) is 28.7 Å². The molecule has 1 N–H and O–H groups in total. The van der Waals surface area contributed by atoms with Crippen molar-refractivity contribution in [2.24, 2.45) is 0 Å². The average Bonchev–Trinajstić information content (AvgIpc) is 2.79. The highest BCUT2D eigenvalue weighted by Gasteiger charge is 2.22. The van der Waals surface area contributed by atoms with E-state index in [4.69, 9.17) is 4.42 Å². The van der Waals surface area contributed by atoms with E-state index in [1.165, 1.54) is 10.9 Å². The molecule has 0 radical (unpaired) electrons. The van der Waals surface area contributed by atoms with Gasteiger partial charge in [0.15, 0.2) is 0 Å². The molecule has 0 spiro atoms. The zero-order valence-electron chi connectivity index (χ0n) is 12.0. The standard InChI is InChI=1S/C16H21NO2S/c1-11-14-5-3-4-6-15(14)19-16(11)12(2)17-13-7-9-20(18)10-8-13/h3-6,12-13,17H,7-10H2,1-2H3. The van der Waals surface area contributed by atoms with Gasteiger partial charge in [-0.3, -0.25) is 4.21 Å². The minimum Gasteiger partial charge on any atom is -0.459 e. The summed E-state index contributed by atoms with van der Waals surface area (Å²) < 4.78 is 17.4. The summed E-state index contributed by atoms with van der Waals surface area (Å²) in [6, 6.07) is 8.82. The van der Waals surface area contributed by atoms with Crippen LogP contribution in [0.5, 0.6) is 0 Å². The van der Waals surface area contributed by atoms with Gasteiger partial charge in [-0.25, -0.2) is 0 Å². The van der Waals surface area contributed by atoms with E-state index in [2.05, 4.69) is 25.2 Å². The summed E-state index contributed by atoms with van der Waals surface area (Å²) >= 11 is 0. The zero-order chi connectivity index (χ0) is 14.1. The summed E-state index contributed by atoms with van der Waals surface area (Å²) in [5.74, 6) is 2.67. The van der Waals surface area contributed by atoms with Gasteiger partial charge in [0.05, 0.1) is 6.04 Å². The lowest BCUT2D eigenvalue weighted by Gasteiger charge is -2.25. The van der Waals surface area contributed by atoms with Crippen LogP contribution in [0.25, 0.3) is 11.0 Å². The number of benzene rings is 1. The number of nitrogens with one attached hydrogen (secondary N) is 1. The van der Waals surface area contributed by atoms with Crippen molar-refractivity contribution >= 4 is 21.8 Å². The van der Waals surface area contributed by atoms with Gasteiger partial charge in [0.25, 0.3) is 0 Å². The fourth-order valence-electron chi connectivity index (χ4n) is 3.00. The SMILES string of the molecule is Cc1c(C(C)NC2CCS(=O)CC2)oc2ccccc12. The molecule has 108 valence electrons. The van der Waals surface area contributed by atoms with Gasteiger partial charge in [0.2, 0.25) is 0 Å². The lowest BCUT2D eigenvalue weighted by atomic mass is 10.1. The van der Waals surface area contributed by atoms with E-state index in [0.29, 0.717) is 6.04 Å². The zero-order valence-corrected chi connectivity index (χ0v) is 12.8. The molecule has 1 aromatic carbocycles. The molecule has 0 amide bonds. The Labute approximate surface area is 122 Å². The topological polar surface area (TPSA) is 42.2 Å². The highest BCUT2D eigenvalue weighted by Crippen LogP contribution is 2.29. The second-order valence-electron chi connectivity index (χ2n) is 5.60. The first-order valence-electron chi connectivity index (χ1n) is 7.24. The van der Waals surface area contributed by atoms with Crippen molar-refractivity contribution in [2.75, 3.05) is 11.5 Å². The van der Waals surface area contributed by atoms with Crippen LogP contribution in [0, 0.1) is 6.92 Å². The van der Waals surface area contributed by atoms with Crippen molar-refractivity contribution in [2.45, 2.75) is 38.8 Å². The Morgan fingerprint density at radius 1 is 1.30 bits per heavy atom. The molecule has 1 aromatic heterocycles. The minimum atomic E-state index is -0.600. The van der Waals surface area contributed by atoms with Gasteiger partial charge < -0.3 is 9.73 Å². The van der Waals surface area contributed by atoms with Crippen LogP contribution < -0.4 is 5.32 Å². The highest BCUT2D eigenvalue weighted by molar-refractivity contribution is 7.85. The molecule has 3 rings (SSSR count). The fraction of sp³-hybridized carbons (Fsp3) is 0.500. The van der Waals surface area contributed by atoms with Gasteiger partial charge in [-0.1, -0.05) is 18.2 Å². The van der Waals surface area contributed by atoms with Gasteiger partial charge in [-0.05, 0) is 38.3 Å². The average molecular weight is 291 g/mol. The Morgan fingerprint density at radius 2 is 2.00 bits per heavy atom. The summed E-state index contributed by atoms with van der Waals surface area (Å²) in [5.41, 5.74) is 2.18. The van der Waals surface area contributed by atoms with E-state index in [9.17, 15) is 4.21 Å². The summed E-state index contributed by atoms with van der Waals surface area (Å²) in [7, 11) is -0.600. The third-order valence-electron chi connectivity index (χ3n) is 4.15. The van der Waals surface area contributed by atoms with E-state index in [1.807, 2.05) is 18.2 Å². The van der Waals surface area contributed by atoms with Gasteiger partial charge in [-0.2, -0.15) is 0 Å². The van der Waals surface area contributed by atoms with E-state index >= 15 is 0 Å². The molecule has 4 heteroatoms. The maximum absolute atomic E-state index is 11.4. The van der Waals surface area contributed by atoms with Crippen LogP contribution in [0.4, 0.5) is 0 Å². The molecule has 0 aliphatic carbocycles. The fourth-order valence-corrected chi connectivity index (χ4v) is 4.29. The van der Waals surface area contributed by atoms with Crippen LogP contribution in [0.3, 0.4) is 0 Å². The monoisotopic (exact) mass is 291 g/mol. The molecule has 1 aliphatic heterocycles. The Kier molecular flexibility index (Phi) is 3.94. The van der Waals surface area contributed by atoms with Crippen LogP contribution in [0.1, 0.15) is 37.1 Å². The number of rotatable bonds is 3. The minimum absolute atomic E-state index is 0.193. The number of hydrogen-bond donors (Lipinski definition) is 1. The first kappa shape index (κ1) is 13.8. The van der Waals surface area contributed by atoms with Crippen molar-refractivity contribution in [3.8, 4) is 0 Å². The number of fused-ring (bicyclic) bond motifs is 1. The maximum atomic E-state index is 11.4. The smallest absolute Gasteiger partial charge is 0.134 e. The van der Waals surface area contributed by atoms with Crippen LogP contribution >= 0.6 is 0 Å². The molecule has 1 unspecified atom stereocenters. The molecule has 1 saturated heterocycles. The Balaban J connectivity index is 1.77. The lowest BCUT2D eigenvalue weighted by Crippen LogP contribution is -2.37. The maximum Gasteiger partial charge on any atom is 0.134 e. The molecule has 1 aliphatic rings. The van der Waals surface area contributed by atoms with Crippen molar-refractivity contribution in [3.05, 3.63) is 35.6 Å². The summed E-state index contributed by atoms with van der Waals surface area (Å²) in [5, 5.41) is 4.82. The normalized spacial score (nSPS) is 24.9. The molecule has 2 aromatic rings. The van der Waals surface area contributed by atoms with Crippen molar-refractivity contribution < 1.29 is 8.63 Å². The van der Waals surface area contributed by atoms with Crippen molar-refractivity contribution in [1.82, 2.24) is 5.32 Å². The predicted octanol–water partition coefficient (Wildman–Crippen LogP) is 3.30. The molecular formula is C16H21NO2S. The van der Waals surface area contributed by atoms with E-state index in [-0.39, 0.29) is 6.04 Å². The second kappa shape index (κ2) is 5.70. The number of hydrogen-bond acceptors (Lipinski definition) is 3. The van der Waals surface area contributed by atoms with Crippen LogP contribution in [0.2, 0.25) is 0 Å². The lowest BCUT2D eigenvalue weighted by molar-refractivity contribution is 0.381. The summed E-state index contributed by atoms with van der Waals surface area (Å²) in [6.45, 7) is 4.27. The predicted molar refractivity (Wildman–Crippen MR) is 83.4 cm³/mol. The van der Waals surface area contributed by atoms with Gasteiger partial charge in [0.1, 0.15) is 11.3 Å². The first-order chi connectivity index (χ1) is 9.65. The summed E-state index contributed by atoms with van der Waals surface area (Å²) in [4.78, 5) is 0. The van der Waals surface area contributed by atoms with Crippen molar-refractivity contribution in [1.29, 1.82) is 0 Å². The largest absolute Gasteiger partial charge is 0.459 e. The number of furan rings is 1. The van der Waals surface area contributed by atoms with E-state index in [1.54, 1.807) is 0 Å². The molecule has 1 fully saturated rings. The molecule has 20 heavy (non-hydrogen) atoms. The molecular weight excluding hydrogens is 270 g/mol. The summed E-state index contributed by atoms with van der Waals surface area (Å²) in [6.07, 6.45) is 1.99. The first-order valence-corrected chi connectivity index (χ1v) is 8.73. The second-order valence-corrected chi connectivity index (χ2v) is 7.29. The molecule has 3 nitrogen and oxygen atoms in total. The third-order valence-corrected chi connectivity index (χ3v) is 5.53. The van der Waals surface area contributed by atoms with Crippen LogP contribution in [-0.2, 0) is 10.8 Å². The Bertz CT molecular complexity index is 624. The molecule has 1 atom stereocenters. The Morgan fingerprint density at radius 3 is 2.70 bits per heavy atom. The molecule has 0 bridgehead atoms. The van der Waals surface area contributed by atoms with Gasteiger partial charge in [0, 0.05) is 33.7 Å². The van der Waals surface area contributed by atoms with Gasteiger partial charge in [-0.15, -0.1) is 0 Å². The molecule has 0 saturated carbocycles. The van der Waals surface area contributed by atoms with Gasteiger partial charge >= 0.3 is 0 Å². The van der Waals surface area contributed by atoms with E-state index in [0.717, 1.165) is 35.7 Å². The third kappa shape index (κ3) is 2.67. The van der Waals surface area contributed by atoms with Crippen LogP contribution in [-0.4, -0.2) is 21.8 Å². The number of para-hydroxylation sites is 1. The number of aryl methyl sites for hydroxylation is 1. The Hall–Kier alpha value is -1.13. The highest BCUT2D eigenvalue weighted by atomic mass is 32.2.